The zero-order valence-electron chi connectivity index (χ0n) is 14.7. The van der Waals surface area contributed by atoms with Gasteiger partial charge >= 0.3 is 0 Å². The van der Waals surface area contributed by atoms with E-state index in [1.165, 1.54) is 6.07 Å². The maximum Gasteiger partial charge on any atom is 0.261 e. The summed E-state index contributed by atoms with van der Waals surface area (Å²) < 4.78 is 34.3. The fraction of sp³-hybridized carbons (Fsp3) is 0.167. The van der Waals surface area contributed by atoms with E-state index in [9.17, 15) is 13.6 Å². The zero-order chi connectivity index (χ0) is 19.7. The number of aromatic nitrogens is 5. The maximum absolute atomic E-state index is 13.7. The highest BCUT2D eigenvalue weighted by Gasteiger charge is 2.19. The van der Waals surface area contributed by atoms with Gasteiger partial charge in [-0.3, -0.25) is 9.20 Å². The topological polar surface area (TPSA) is 98.2 Å². The second-order valence-corrected chi connectivity index (χ2v) is 5.88. The Balaban J connectivity index is 1.60. The monoisotopic (exact) mass is 384 g/mol. The summed E-state index contributed by atoms with van der Waals surface area (Å²) in [6.45, 7) is 1.83. The lowest BCUT2D eigenvalue weighted by Crippen LogP contribution is -2.26. The lowest BCUT2D eigenvalue weighted by molar-refractivity contribution is 0.0941. The molecule has 0 radical (unpaired) electrons. The van der Waals surface area contributed by atoms with Crippen LogP contribution in [0.3, 0.4) is 0 Å². The van der Waals surface area contributed by atoms with Crippen molar-refractivity contribution in [1.29, 1.82) is 0 Å². The fourth-order valence-corrected chi connectivity index (χ4v) is 2.72. The molecule has 10 heteroatoms. The number of carbonyl (C=O) groups is 1. The number of carbonyl (C=O) groups excluding carboxylic acids is 1. The van der Waals surface area contributed by atoms with Gasteiger partial charge in [0.15, 0.2) is 17.3 Å². The molecular formula is C18H14F2N6O2. The molecule has 1 amide bonds. The van der Waals surface area contributed by atoms with Crippen LogP contribution in [-0.2, 0) is 13.0 Å². The Hall–Kier alpha value is -3.69. The second-order valence-electron chi connectivity index (χ2n) is 5.88. The molecule has 1 aromatic carbocycles. The Morgan fingerprint density at radius 2 is 1.96 bits per heavy atom. The Kier molecular flexibility index (Phi) is 4.52. The van der Waals surface area contributed by atoms with Crippen molar-refractivity contribution < 1.29 is 18.1 Å². The van der Waals surface area contributed by atoms with Crippen LogP contribution in [0.15, 0.2) is 41.1 Å². The van der Waals surface area contributed by atoms with Gasteiger partial charge in [-0.2, -0.15) is 4.98 Å². The van der Waals surface area contributed by atoms with Crippen molar-refractivity contribution in [3.8, 4) is 11.5 Å². The summed E-state index contributed by atoms with van der Waals surface area (Å²) in [5.41, 5.74) is 0.394. The zero-order valence-corrected chi connectivity index (χ0v) is 14.7. The summed E-state index contributed by atoms with van der Waals surface area (Å²) in [6.07, 6.45) is 2.32. The summed E-state index contributed by atoms with van der Waals surface area (Å²) in [7, 11) is 0. The SMILES string of the molecule is CCc1noc(-c2cccn3c(CNC(=O)c4c(F)cccc4F)nnc23)n1. The number of benzene rings is 1. The largest absolute Gasteiger partial charge is 0.345 e. The molecule has 4 rings (SSSR count). The van der Waals surface area contributed by atoms with Crippen molar-refractivity contribution in [3.05, 3.63) is 65.4 Å². The molecule has 4 aromatic rings. The highest BCUT2D eigenvalue weighted by Crippen LogP contribution is 2.22. The first kappa shape index (κ1) is 17.7. The number of pyridine rings is 1. The molecule has 0 fully saturated rings. The molecular weight excluding hydrogens is 370 g/mol. The average Bonchev–Trinajstić information content (AvgIpc) is 3.33. The molecule has 0 unspecified atom stereocenters. The molecule has 142 valence electrons. The molecule has 0 bridgehead atoms. The van der Waals surface area contributed by atoms with Crippen molar-refractivity contribution in [2.75, 3.05) is 0 Å². The van der Waals surface area contributed by atoms with Crippen molar-refractivity contribution >= 4 is 11.6 Å². The number of rotatable bonds is 5. The smallest absolute Gasteiger partial charge is 0.261 e. The highest BCUT2D eigenvalue weighted by atomic mass is 19.1. The van der Waals surface area contributed by atoms with Crippen LogP contribution in [-0.4, -0.2) is 30.6 Å². The van der Waals surface area contributed by atoms with Crippen molar-refractivity contribution in [1.82, 2.24) is 30.1 Å². The molecule has 28 heavy (non-hydrogen) atoms. The molecule has 0 aliphatic rings. The number of amides is 1. The Labute approximate surface area is 157 Å². The van der Waals surface area contributed by atoms with Crippen LogP contribution in [0.1, 0.15) is 28.9 Å². The molecule has 1 N–H and O–H groups in total. The maximum atomic E-state index is 13.7. The average molecular weight is 384 g/mol. The summed E-state index contributed by atoms with van der Waals surface area (Å²) in [4.78, 5) is 16.4. The first-order valence-corrected chi connectivity index (χ1v) is 8.46. The third-order valence-corrected chi connectivity index (χ3v) is 4.12. The lowest BCUT2D eigenvalue weighted by atomic mass is 10.2. The van der Waals surface area contributed by atoms with E-state index in [2.05, 4.69) is 25.7 Å². The first-order valence-electron chi connectivity index (χ1n) is 8.46. The van der Waals surface area contributed by atoms with E-state index >= 15 is 0 Å². The van der Waals surface area contributed by atoms with Gasteiger partial charge in [-0.25, -0.2) is 8.78 Å². The minimum Gasteiger partial charge on any atom is -0.345 e. The Morgan fingerprint density at radius 3 is 2.68 bits per heavy atom. The van der Waals surface area contributed by atoms with E-state index < -0.39 is 23.1 Å². The van der Waals surface area contributed by atoms with Crippen LogP contribution >= 0.6 is 0 Å². The number of fused-ring (bicyclic) bond motifs is 1. The van der Waals surface area contributed by atoms with E-state index in [0.29, 0.717) is 35.2 Å². The third-order valence-electron chi connectivity index (χ3n) is 4.12. The normalized spacial score (nSPS) is 11.1. The predicted molar refractivity (Wildman–Crippen MR) is 93.2 cm³/mol. The summed E-state index contributed by atoms with van der Waals surface area (Å²) >= 11 is 0. The van der Waals surface area contributed by atoms with Crippen LogP contribution < -0.4 is 5.32 Å². The van der Waals surface area contributed by atoms with Crippen molar-refractivity contribution in [3.63, 3.8) is 0 Å². The first-order chi connectivity index (χ1) is 13.6. The van der Waals surface area contributed by atoms with Crippen molar-refractivity contribution in [2.45, 2.75) is 19.9 Å². The number of aryl methyl sites for hydroxylation is 1. The van der Waals surface area contributed by atoms with Crippen LogP contribution in [0.4, 0.5) is 8.78 Å². The van der Waals surface area contributed by atoms with E-state index in [-0.39, 0.29) is 6.54 Å². The van der Waals surface area contributed by atoms with Gasteiger partial charge in [0.05, 0.1) is 12.1 Å². The Bertz CT molecular complexity index is 1150. The van der Waals surface area contributed by atoms with Crippen LogP contribution in [0.25, 0.3) is 17.1 Å². The lowest BCUT2D eigenvalue weighted by Gasteiger charge is -2.06. The minimum atomic E-state index is -0.936. The van der Waals surface area contributed by atoms with Crippen molar-refractivity contribution in [2.24, 2.45) is 0 Å². The molecule has 0 spiro atoms. The molecule has 3 heterocycles. The van der Waals surface area contributed by atoms with Gasteiger partial charge in [0.1, 0.15) is 17.2 Å². The van der Waals surface area contributed by atoms with Crippen LogP contribution in [0, 0.1) is 11.6 Å². The summed E-state index contributed by atoms with van der Waals surface area (Å²) in [6, 6.07) is 6.73. The van der Waals surface area contributed by atoms with E-state index in [0.717, 1.165) is 12.1 Å². The van der Waals surface area contributed by atoms with Gasteiger partial charge in [-0.15, -0.1) is 10.2 Å². The van der Waals surface area contributed by atoms with E-state index in [1.807, 2.05) is 6.92 Å². The van der Waals surface area contributed by atoms with Crippen LogP contribution in [0.2, 0.25) is 0 Å². The predicted octanol–water partition coefficient (Wildman–Crippen LogP) is 2.55. The number of halogens is 2. The highest BCUT2D eigenvalue weighted by molar-refractivity contribution is 5.94. The molecule has 0 aliphatic heterocycles. The molecule has 0 saturated carbocycles. The van der Waals surface area contributed by atoms with E-state index in [4.69, 9.17) is 4.52 Å². The molecule has 0 aliphatic carbocycles. The molecule has 0 atom stereocenters. The number of hydrogen-bond acceptors (Lipinski definition) is 6. The van der Waals surface area contributed by atoms with E-state index in [1.54, 1.807) is 22.7 Å². The summed E-state index contributed by atoms with van der Waals surface area (Å²) in [5.74, 6) is -1.51. The van der Waals surface area contributed by atoms with Gasteiger partial charge < -0.3 is 9.84 Å². The quantitative estimate of drug-likeness (QED) is 0.568. The van der Waals surface area contributed by atoms with Crippen LogP contribution in [0.5, 0.6) is 0 Å². The number of nitrogens with one attached hydrogen (secondary N) is 1. The standard InChI is InChI=1S/C18H14F2N6O2/c1-2-13-22-18(28-25-13)10-5-4-8-26-14(23-24-16(10)26)9-21-17(27)15-11(19)6-3-7-12(15)20/h3-8H,2,9H2,1H3,(H,21,27). The van der Waals surface area contributed by atoms with Gasteiger partial charge in [-0.1, -0.05) is 18.1 Å². The van der Waals surface area contributed by atoms with Gasteiger partial charge in [0.2, 0.25) is 0 Å². The van der Waals surface area contributed by atoms with Gasteiger partial charge in [-0.05, 0) is 24.3 Å². The fourth-order valence-electron chi connectivity index (χ4n) is 2.72. The molecule has 8 nitrogen and oxygen atoms in total. The Morgan fingerprint density at radius 1 is 1.18 bits per heavy atom. The number of hydrogen-bond donors (Lipinski definition) is 1. The molecule has 0 saturated heterocycles. The third kappa shape index (κ3) is 3.08. The second kappa shape index (κ2) is 7.14. The van der Waals surface area contributed by atoms with Gasteiger partial charge in [0, 0.05) is 12.6 Å². The molecule has 3 aromatic heterocycles. The number of nitrogens with zero attached hydrogens (tertiary/aromatic N) is 5. The minimum absolute atomic E-state index is 0.0821. The van der Waals surface area contributed by atoms with Gasteiger partial charge in [0.25, 0.3) is 11.8 Å². The summed E-state index contributed by atoms with van der Waals surface area (Å²) in [5, 5.41) is 14.5.